The van der Waals surface area contributed by atoms with Crippen LogP contribution in [0.2, 0.25) is 5.02 Å². The Morgan fingerprint density at radius 2 is 1.81 bits per heavy atom. The van der Waals surface area contributed by atoms with Gasteiger partial charge >= 0.3 is 0 Å². The Labute approximate surface area is 221 Å². The summed E-state index contributed by atoms with van der Waals surface area (Å²) in [5, 5.41) is 10.8. The topological polar surface area (TPSA) is 81.2 Å². The van der Waals surface area contributed by atoms with Gasteiger partial charge in [0.15, 0.2) is 0 Å². The van der Waals surface area contributed by atoms with Crippen molar-refractivity contribution >= 4 is 46.8 Å². The number of thioether (sulfide) groups is 1. The zero-order chi connectivity index (χ0) is 25.8. The second-order valence-corrected chi connectivity index (χ2v) is 12.5. The van der Waals surface area contributed by atoms with Crippen LogP contribution in [0, 0.1) is 17.8 Å². The summed E-state index contributed by atoms with van der Waals surface area (Å²) in [5.74, 6) is -1.51. The monoisotopic (exact) mass is 529 g/mol. The van der Waals surface area contributed by atoms with E-state index in [0.29, 0.717) is 30.2 Å². The maximum absolute atomic E-state index is 14.4. The Balaban J connectivity index is 1.65. The molecule has 4 aliphatic rings. The number of amides is 3. The lowest BCUT2D eigenvalue weighted by atomic mass is 9.78. The summed E-state index contributed by atoms with van der Waals surface area (Å²) in [5.41, 5.74) is 0.694. The van der Waals surface area contributed by atoms with Gasteiger partial charge in [-0.2, -0.15) is 0 Å². The number of carbonyl (C=O) groups excluding carboxylic acids is 3. The third-order valence-electron chi connectivity index (χ3n) is 7.78. The average molecular weight is 530 g/mol. The van der Waals surface area contributed by atoms with Crippen LogP contribution in [-0.2, 0) is 14.4 Å². The number of nitrogens with zero attached hydrogens (tertiary/aromatic N) is 3. The van der Waals surface area contributed by atoms with E-state index in [1.807, 2.05) is 38.2 Å². The van der Waals surface area contributed by atoms with Crippen molar-refractivity contribution in [1.82, 2.24) is 9.80 Å². The standard InChI is InChI=1S/C27H32ClN3O4S/c1-16(2)14-19(15-32)31-23-26(35)30(18-9-7-17(28)8-10-18)13-5-11-27(23)22(25(31)34)21-20(36-27)6-4-12-29(3)24(21)33/h4-11,16,19-23,32H,12-15H2,1-3H3/t19-,20-,21+,22+,23?,27+/m1/s1. The van der Waals surface area contributed by atoms with Gasteiger partial charge in [0.25, 0.3) is 5.91 Å². The van der Waals surface area contributed by atoms with E-state index < -0.39 is 28.7 Å². The molecule has 2 saturated heterocycles. The highest BCUT2D eigenvalue weighted by Gasteiger charge is 2.71. The van der Waals surface area contributed by atoms with E-state index >= 15 is 0 Å². The first kappa shape index (κ1) is 25.4. The molecule has 0 aromatic heterocycles. The minimum Gasteiger partial charge on any atom is -0.394 e. The molecule has 0 bridgehead atoms. The molecule has 4 heterocycles. The normalized spacial score (nSPS) is 32.5. The molecule has 0 aliphatic carbocycles. The van der Waals surface area contributed by atoms with E-state index in [9.17, 15) is 19.5 Å². The molecule has 36 heavy (non-hydrogen) atoms. The molecule has 1 unspecified atom stereocenters. The maximum atomic E-state index is 14.4. The van der Waals surface area contributed by atoms with Crippen molar-refractivity contribution in [3.05, 3.63) is 53.6 Å². The van der Waals surface area contributed by atoms with Gasteiger partial charge in [-0.1, -0.05) is 49.8 Å². The Bertz CT molecular complexity index is 1120. The number of likely N-dealkylation sites (tertiary alicyclic amines) is 1. The number of halogens is 1. The van der Waals surface area contributed by atoms with E-state index in [1.54, 1.807) is 57.8 Å². The first-order valence-electron chi connectivity index (χ1n) is 12.5. The second-order valence-electron chi connectivity index (χ2n) is 10.5. The van der Waals surface area contributed by atoms with Crippen molar-refractivity contribution in [1.29, 1.82) is 0 Å². The fourth-order valence-electron chi connectivity index (χ4n) is 6.27. The number of anilines is 1. The number of hydrogen-bond acceptors (Lipinski definition) is 5. The van der Waals surface area contributed by atoms with E-state index in [1.165, 1.54) is 0 Å². The summed E-state index contributed by atoms with van der Waals surface area (Å²) in [7, 11) is 1.75. The molecule has 0 saturated carbocycles. The van der Waals surface area contributed by atoms with Crippen molar-refractivity contribution in [3.8, 4) is 0 Å². The van der Waals surface area contributed by atoms with Crippen LogP contribution in [0.25, 0.3) is 0 Å². The van der Waals surface area contributed by atoms with Gasteiger partial charge in [-0.3, -0.25) is 14.4 Å². The fourth-order valence-corrected chi connectivity index (χ4v) is 8.39. The summed E-state index contributed by atoms with van der Waals surface area (Å²) >= 11 is 7.65. The summed E-state index contributed by atoms with van der Waals surface area (Å²) in [6.45, 7) is 4.68. The minimum absolute atomic E-state index is 0.0719. The number of carbonyl (C=O) groups is 3. The Hall–Kier alpha value is -2.29. The molecule has 4 aliphatic heterocycles. The third kappa shape index (κ3) is 3.89. The number of rotatable bonds is 5. The fraction of sp³-hybridized carbons (Fsp3) is 0.519. The van der Waals surface area contributed by atoms with Crippen LogP contribution in [0.1, 0.15) is 20.3 Å². The maximum Gasteiger partial charge on any atom is 0.251 e. The van der Waals surface area contributed by atoms with Crippen molar-refractivity contribution in [2.75, 3.05) is 31.6 Å². The number of fused-ring (bicyclic) bond motifs is 2. The summed E-state index contributed by atoms with van der Waals surface area (Å²) in [4.78, 5) is 47.1. The molecule has 1 aromatic rings. The molecule has 1 N–H and O–H groups in total. The second kappa shape index (κ2) is 9.54. The van der Waals surface area contributed by atoms with Crippen LogP contribution in [-0.4, -0.2) is 81.5 Å². The lowest BCUT2D eigenvalue weighted by molar-refractivity contribution is -0.144. The highest BCUT2D eigenvalue weighted by atomic mass is 35.5. The smallest absolute Gasteiger partial charge is 0.251 e. The zero-order valence-electron chi connectivity index (χ0n) is 20.7. The number of benzene rings is 1. The summed E-state index contributed by atoms with van der Waals surface area (Å²) < 4.78 is -0.896. The van der Waals surface area contributed by atoms with Gasteiger partial charge in [0.2, 0.25) is 11.8 Å². The van der Waals surface area contributed by atoms with Gasteiger partial charge < -0.3 is 19.8 Å². The lowest BCUT2D eigenvalue weighted by Gasteiger charge is -2.39. The van der Waals surface area contributed by atoms with Crippen molar-refractivity contribution in [2.24, 2.45) is 17.8 Å². The SMILES string of the molecule is CC(C)C[C@H](CO)N1C(=O)[C@@H]2[C@H]3C(=O)N(C)CC=C[C@H]3S[C@@]23C=CCN(c2ccc(Cl)cc2)C(=O)C13. The van der Waals surface area contributed by atoms with Gasteiger partial charge in [0.1, 0.15) is 6.04 Å². The predicted molar refractivity (Wildman–Crippen MR) is 142 cm³/mol. The van der Waals surface area contributed by atoms with Gasteiger partial charge in [-0.15, -0.1) is 11.8 Å². The first-order chi connectivity index (χ1) is 17.2. The highest BCUT2D eigenvalue weighted by molar-refractivity contribution is 8.02. The average Bonchev–Trinajstić information content (AvgIpc) is 3.17. The van der Waals surface area contributed by atoms with E-state index in [2.05, 4.69) is 0 Å². The van der Waals surface area contributed by atoms with E-state index in [-0.39, 0.29) is 35.5 Å². The Morgan fingerprint density at radius 1 is 1.08 bits per heavy atom. The van der Waals surface area contributed by atoms with Crippen molar-refractivity contribution < 1.29 is 19.5 Å². The lowest BCUT2D eigenvalue weighted by Crippen LogP contribution is -2.57. The van der Waals surface area contributed by atoms with Crippen LogP contribution in [0.4, 0.5) is 5.69 Å². The van der Waals surface area contributed by atoms with Gasteiger partial charge in [0.05, 0.1) is 29.2 Å². The quantitative estimate of drug-likeness (QED) is 0.593. The molecule has 1 spiro atoms. The van der Waals surface area contributed by atoms with Crippen LogP contribution in [0.15, 0.2) is 48.6 Å². The summed E-state index contributed by atoms with van der Waals surface area (Å²) in [6.07, 6.45) is 8.51. The molecule has 3 amide bonds. The van der Waals surface area contributed by atoms with Crippen LogP contribution < -0.4 is 4.90 Å². The van der Waals surface area contributed by atoms with Gasteiger partial charge in [0, 0.05) is 36.1 Å². The Morgan fingerprint density at radius 3 is 2.47 bits per heavy atom. The molecule has 6 atom stereocenters. The third-order valence-corrected chi connectivity index (χ3v) is 9.78. The number of likely N-dealkylation sites (N-methyl/N-ethyl adjacent to an activating group) is 1. The zero-order valence-corrected chi connectivity index (χ0v) is 22.3. The number of hydrogen-bond donors (Lipinski definition) is 1. The number of aliphatic hydroxyl groups is 1. The van der Waals surface area contributed by atoms with Gasteiger partial charge in [-0.25, -0.2) is 0 Å². The molecule has 5 rings (SSSR count). The predicted octanol–water partition coefficient (Wildman–Crippen LogP) is 2.98. The van der Waals surface area contributed by atoms with Crippen molar-refractivity contribution in [3.63, 3.8) is 0 Å². The number of aliphatic hydroxyl groups excluding tert-OH is 1. The van der Waals surface area contributed by atoms with Crippen LogP contribution in [0.3, 0.4) is 0 Å². The highest BCUT2D eigenvalue weighted by Crippen LogP contribution is 2.61. The minimum atomic E-state index is -0.896. The van der Waals surface area contributed by atoms with Crippen LogP contribution >= 0.6 is 23.4 Å². The Kier molecular flexibility index (Phi) is 6.72. The molecule has 192 valence electrons. The molecule has 7 nitrogen and oxygen atoms in total. The molecule has 9 heteroatoms. The molecular formula is C27H32ClN3O4S. The van der Waals surface area contributed by atoms with Crippen molar-refractivity contribution in [2.45, 2.75) is 42.3 Å². The summed E-state index contributed by atoms with van der Waals surface area (Å²) in [6, 6.07) is 5.74. The van der Waals surface area contributed by atoms with Gasteiger partial charge in [-0.05, 0) is 36.6 Å². The largest absolute Gasteiger partial charge is 0.394 e. The molecule has 2 fully saturated rings. The molecule has 0 radical (unpaired) electrons. The van der Waals surface area contributed by atoms with Crippen LogP contribution in [0.5, 0.6) is 0 Å². The first-order valence-corrected chi connectivity index (χ1v) is 13.7. The molecular weight excluding hydrogens is 498 g/mol. The van der Waals surface area contributed by atoms with E-state index in [0.717, 1.165) is 0 Å². The van der Waals surface area contributed by atoms with E-state index in [4.69, 9.17) is 11.6 Å². The molecule has 1 aromatic carbocycles.